The van der Waals surface area contributed by atoms with Gasteiger partial charge in [0.25, 0.3) is 0 Å². The van der Waals surface area contributed by atoms with Gasteiger partial charge in [0.05, 0.1) is 6.04 Å². The van der Waals surface area contributed by atoms with Gasteiger partial charge in [0, 0.05) is 12.0 Å². The van der Waals surface area contributed by atoms with Crippen molar-refractivity contribution in [1.82, 2.24) is 10.6 Å². The Morgan fingerprint density at radius 1 is 1.00 bits per heavy atom. The van der Waals surface area contributed by atoms with E-state index in [1.54, 1.807) is 0 Å². The highest BCUT2D eigenvalue weighted by atomic mass is 16.5. The molecule has 0 bridgehead atoms. The molecular weight excluding hydrogens is 340 g/mol. The van der Waals surface area contributed by atoms with Gasteiger partial charge < -0.3 is 15.4 Å². The van der Waals surface area contributed by atoms with Crippen molar-refractivity contribution in [2.24, 2.45) is 11.8 Å². The normalized spacial score (nSPS) is 19.2. The van der Waals surface area contributed by atoms with Crippen LogP contribution in [0, 0.1) is 11.8 Å². The summed E-state index contributed by atoms with van der Waals surface area (Å²) in [5, 5.41) is 5.92. The lowest BCUT2D eigenvalue weighted by molar-refractivity contribution is -0.123. The number of hydrogen-bond acceptors (Lipinski definition) is 3. The van der Waals surface area contributed by atoms with Crippen molar-refractivity contribution < 1.29 is 14.3 Å². The van der Waals surface area contributed by atoms with Gasteiger partial charge in [-0.15, -0.1) is 0 Å². The molecule has 2 aromatic rings. The second-order valence-corrected chi connectivity index (χ2v) is 7.26. The van der Waals surface area contributed by atoms with Crippen LogP contribution in [0.25, 0.3) is 0 Å². The Morgan fingerprint density at radius 3 is 2.26 bits per heavy atom. The maximum Gasteiger partial charge on any atom is 0.407 e. The number of ether oxygens (including phenoxy) is 1. The zero-order valence-corrected chi connectivity index (χ0v) is 15.7. The molecule has 27 heavy (non-hydrogen) atoms. The van der Waals surface area contributed by atoms with Gasteiger partial charge in [0.2, 0.25) is 5.91 Å². The van der Waals surface area contributed by atoms with E-state index in [9.17, 15) is 9.59 Å². The van der Waals surface area contributed by atoms with Crippen LogP contribution in [-0.2, 0) is 16.1 Å². The van der Waals surface area contributed by atoms with E-state index in [1.807, 2.05) is 74.5 Å². The Labute approximate surface area is 160 Å². The van der Waals surface area contributed by atoms with E-state index in [0.29, 0.717) is 0 Å². The lowest BCUT2D eigenvalue weighted by Crippen LogP contribution is -2.34. The zero-order chi connectivity index (χ0) is 19.2. The third-order valence-electron chi connectivity index (χ3n) is 4.68. The van der Waals surface area contributed by atoms with Gasteiger partial charge in [-0.2, -0.15) is 0 Å². The largest absolute Gasteiger partial charge is 0.445 e. The quantitative estimate of drug-likeness (QED) is 0.783. The van der Waals surface area contributed by atoms with E-state index in [2.05, 4.69) is 10.6 Å². The summed E-state index contributed by atoms with van der Waals surface area (Å²) < 4.78 is 5.37. The minimum Gasteiger partial charge on any atom is -0.445 e. The molecule has 1 fully saturated rings. The third kappa shape index (κ3) is 5.33. The minimum absolute atomic E-state index is 0.0513. The van der Waals surface area contributed by atoms with Crippen LogP contribution in [0.2, 0.25) is 0 Å². The number of amides is 2. The van der Waals surface area contributed by atoms with Gasteiger partial charge in [-0.25, -0.2) is 4.79 Å². The van der Waals surface area contributed by atoms with Gasteiger partial charge in [-0.1, -0.05) is 60.7 Å². The van der Waals surface area contributed by atoms with E-state index in [0.717, 1.165) is 17.5 Å². The highest BCUT2D eigenvalue weighted by molar-refractivity contribution is 5.82. The smallest absolute Gasteiger partial charge is 0.407 e. The maximum atomic E-state index is 12.4. The molecular formula is C22H26N2O3. The molecule has 0 aliphatic heterocycles. The van der Waals surface area contributed by atoms with Gasteiger partial charge in [0.1, 0.15) is 6.61 Å². The molecule has 0 saturated heterocycles. The Hall–Kier alpha value is -2.82. The Balaban J connectivity index is 1.63. The number of rotatable bonds is 7. The van der Waals surface area contributed by atoms with Crippen LogP contribution in [0.4, 0.5) is 4.79 Å². The molecule has 1 aliphatic rings. The summed E-state index contributed by atoms with van der Waals surface area (Å²) in [6.07, 6.45) is 0.291. The Kier molecular flexibility index (Phi) is 6.12. The van der Waals surface area contributed by atoms with E-state index < -0.39 is 6.09 Å². The van der Waals surface area contributed by atoms with Gasteiger partial charge in [-0.3, -0.25) is 4.79 Å². The predicted octanol–water partition coefficient (Wildman–Crippen LogP) is 3.81. The van der Waals surface area contributed by atoms with Crippen molar-refractivity contribution >= 4 is 12.0 Å². The fraction of sp³-hybridized carbons (Fsp3) is 0.364. The number of hydrogen-bond donors (Lipinski definition) is 2. The standard InChI is InChI=1S/C22H26N2O3/c1-15(2)23-21(25)19-13-18(19)20(17-11-7-4-8-12-17)24-22(26)27-14-16-9-5-3-6-10-16/h3-12,15,18-20H,13-14H2,1-2H3,(H,23,25)(H,24,26)/t18-,19-,20+/m1/s1. The van der Waals surface area contributed by atoms with Crippen molar-refractivity contribution in [3.8, 4) is 0 Å². The molecule has 0 heterocycles. The first-order valence-corrected chi connectivity index (χ1v) is 9.37. The zero-order valence-electron chi connectivity index (χ0n) is 15.7. The summed E-state index contributed by atoms with van der Waals surface area (Å²) in [5.74, 6) is 0.0536. The van der Waals surface area contributed by atoms with Crippen molar-refractivity contribution in [1.29, 1.82) is 0 Å². The van der Waals surface area contributed by atoms with Gasteiger partial charge >= 0.3 is 6.09 Å². The van der Waals surface area contributed by atoms with Gasteiger partial charge in [-0.05, 0) is 37.3 Å². The number of carbonyl (C=O) groups excluding carboxylic acids is 2. The van der Waals surface area contributed by atoms with E-state index >= 15 is 0 Å². The average Bonchev–Trinajstić information content (AvgIpc) is 3.46. The molecule has 1 aliphatic carbocycles. The average molecular weight is 366 g/mol. The molecule has 142 valence electrons. The molecule has 5 heteroatoms. The van der Waals surface area contributed by atoms with Crippen LogP contribution in [0.15, 0.2) is 60.7 Å². The molecule has 3 rings (SSSR count). The summed E-state index contributed by atoms with van der Waals surface area (Å²) in [6.45, 7) is 4.11. The number of benzene rings is 2. The molecule has 5 nitrogen and oxygen atoms in total. The van der Waals surface area contributed by atoms with Gasteiger partial charge in [0.15, 0.2) is 0 Å². The van der Waals surface area contributed by atoms with E-state index in [-0.39, 0.29) is 36.4 Å². The van der Waals surface area contributed by atoms with Crippen LogP contribution in [0.5, 0.6) is 0 Å². The summed E-state index contributed by atoms with van der Waals surface area (Å²) in [5.41, 5.74) is 1.92. The first kappa shape index (κ1) is 19.0. The second kappa shape index (κ2) is 8.71. The first-order valence-electron chi connectivity index (χ1n) is 9.37. The highest BCUT2D eigenvalue weighted by Gasteiger charge is 2.48. The molecule has 3 atom stereocenters. The monoisotopic (exact) mass is 366 g/mol. The van der Waals surface area contributed by atoms with Crippen molar-refractivity contribution in [2.75, 3.05) is 0 Å². The molecule has 1 saturated carbocycles. The SMILES string of the molecule is CC(C)NC(=O)[C@@H]1C[C@H]1[C@@H](NC(=O)OCc1ccccc1)c1ccccc1. The first-order chi connectivity index (χ1) is 13.0. The van der Waals surface area contributed by atoms with E-state index in [4.69, 9.17) is 4.74 Å². The predicted molar refractivity (Wildman–Crippen MR) is 104 cm³/mol. The topological polar surface area (TPSA) is 67.4 Å². The summed E-state index contributed by atoms with van der Waals surface area (Å²) in [6, 6.07) is 19.2. The maximum absolute atomic E-state index is 12.4. The van der Waals surface area contributed by atoms with E-state index in [1.165, 1.54) is 0 Å². The number of carbonyl (C=O) groups is 2. The van der Waals surface area contributed by atoms with Crippen molar-refractivity contribution in [2.45, 2.75) is 39.0 Å². The molecule has 2 N–H and O–H groups in total. The summed E-state index contributed by atoms with van der Waals surface area (Å²) >= 11 is 0. The number of alkyl carbamates (subject to hydrolysis) is 1. The van der Waals surface area contributed by atoms with Crippen molar-refractivity contribution in [3.05, 3.63) is 71.8 Å². The molecule has 0 spiro atoms. The molecule has 2 amide bonds. The lowest BCUT2D eigenvalue weighted by Gasteiger charge is -2.19. The molecule has 2 aromatic carbocycles. The Bertz CT molecular complexity index is 762. The second-order valence-electron chi connectivity index (χ2n) is 7.26. The Morgan fingerprint density at radius 2 is 1.63 bits per heavy atom. The number of nitrogens with one attached hydrogen (secondary N) is 2. The van der Waals surface area contributed by atoms with Crippen LogP contribution < -0.4 is 10.6 Å². The minimum atomic E-state index is -0.470. The van der Waals surface area contributed by atoms with Crippen LogP contribution in [0.3, 0.4) is 0 Å². The lowest BCUT2D eigenvalue weighted by atomic mass is 10.0. The summed E-state index contributed by atoms with van der Waals surface area (Å²) in [4.78, 5) is 24.7. The fourth-order valence-electron chi connectivity index (χ4n) is 3.27. The van der Waals surface area contributed by atoms with Crippen LogP contribution >= 0.6 is 0 Å². The van der Waals surface area contributed by atoms with Crippen molar-refractivity contribution in [3.63, 3.8) is 0 Å². The highest BCUT2D eigenvalue weighted by Crippen LogP contribution is 2.47. The molecule has 0 aromatic heterocycles. The molecule has 0 radical (unpaired) electrons. The van der Waals surface area contributed by atoms with Crippen LogP contribution in [0.1, 0.15) is 37.4 Å². The summed E-state index contributed by atoms with van der Waals surface area (Å²) in [7, 11) is 0. The molecule has 0 unspecified atom stereocenters. The fourth-order valence-corrected chi connectivity index (χ4v) is 3.27. The van der Waals surface area contributed by atoms with Crippen LogP contribution in [-0.4, -0.2) is 18.0 Å². The third-order valence-corrected chi connectivity index (χ3v) is 4.68.